The Morgan fingerprint density at radius 3 is 2.75 bits per heavy atom. The van der Waals surface area contributed by atoms with Crippen LogP contribution in [0.1, 0.15) is 21.3 Å². The average Bonchev–Trinajstić information content (AvgIpc) is 3.11. The number of nitrogens with zero attached hydrogens (tertiary/aromatic N) is 1. The summed E-state index contributed by atoms with van der Waals surface area (Å²) in [5, 5.41) is 0.449. The van der Waals surface area contributed by atoms with Gasteiger partial charge in [0.15, 0.2) is 11.5 Å². The second kappa shape index (κ2) is 6.57. The van der Waals surface area contributed by atoms with Crippen LogP contribution in [-0.2, 0) is 0 Å². The molecule has 0 bridgehead atoms. The summed E-state index contributed by atoms with van der Waals surface area (Å²) >= 11 is 7.94. The van der Waals surface area contributed by atoms with Crippen LogP contribution in [0.3, 0.4) is 0 Å². The minimum atomic E-state index is -0.0374. The zero-order chi connectivity index (χ0) is 16.5. The molecule has 0 radical (unpaired) electrons. The maximum Gasteiger partial charge on any atom is 0.256 e. The van der Waals surface area contributed by atoms with Gasteiger partial charge >= 0.3 is 0 Å². The van der Waals surface area contributed by atoms with Gasteiger partial charge in [-0.15, -0.1) is 11.8 Å². The smallest absolute Gasteiger partial charge is 0.256 e. The Bertz CT molecular complexity index is 783. The molecule has 1 saturated heterocycles. The van der Waals surface area contributed by atoms with E-state index in [-0.39, 0.29) is 11.3 Å². The maximum atomic E-state index is 12.9. The predicted octanol–water partition coefficient (Wildman–Crippen LogP) is 4.00. The number of halogens is 1. The van der Waals surface area contributed by atoms with Crippen molar-refractivity contribution in [3.05, 3.63) is 58.6 Å². The largest absolute Gasteiger partial charge is 0.486 e. The lowest BCUT2D eigenvalue weighted by atomic mass is 10.1. The van der Waals surface area contributed by atoms with Crippen molar-refractivity contribution in [3.63, 3.8) is 0 Å². The van der Waals surface area contributed by atoms with Gasteiger partial charge in [-0.1, -0.05) is 29.8 Å². The van der Waals surface area contributed by atoms with E-state index in [9.17, 15) is 4.79 Å². The normalized spacial score (nSPS) is 19.4. The summed E-state index contributed by atoms with van der Waals surface area (Å²) in [6.45, 7) is 1.83. The molecule has 4 rings (SSSR count). The van der Waals surface area contributed by atoms with Crippen molar-refractivity contribution < 1.29 is 14.3 Å². The summed E-state index contributed by atoms with van der Waals surface area (Å²) in [5.41, 5.74) is 1.59. The number of hydrogen-bond donors (Lipinski definition) is 0. The topological polar surface area (TPSA) is 38.8 Å². The first kappa shape index (κ1) is 15.7. The van der Waals surface area contributed by atoms with Crippen molar-refractivity contribution in [1.29, 1.82) is 0 Å². The second-order valence-electron chi connectivity index (χ2n) is 5.60. The van der Waals surface area contributed by atoms with Crippen LogP contribution in [0.2, 0.25) is 5.02 Å². The van der Waals surface area contributed by atoms with E-state index in [1.165, 1.54) is 0 Å². The van der Waals surface area contributed by atoms with Crippen molar-refractivity contribution in [2.45, 2.75) is 5.37 Å². The van der Waals surface area contributed by atoms with E-state index in [4.69, 9.17) is 21.1 Å². The third-order valence-electron chi connectivity index (χ3n) is 4.11. The minimum Gasteiger partial charge on any atom is -0.486 e. The monoisotopic (exact) mass is 361 g/mol. The number of amides is 1. The van der Waals surface area contributed by atoms with Gasteiger partial charge in [-0.05, 0) is 29.8 Å². The molecule has 0 aromatic heterocycles. The summed E-state index contributed by atoms with van der Waals surface area (Å²) in [5.74, 6) is 2.37. The lowest BCUT2D eigenvalue weighted by Gasteiger charge is -2.26. The standard InChI is InChI=1S/C18H16ClNO3S/c19-14-4-2-1-3-13(14)17(21)20-7-10-24-18(20)12-5-6-15-16(11-12)23-9-8-22-15/h1-6,11,18H,7-10H2. The number of rotatable bonds is 2. The number of hydrogen-bond acceptors (Lipinski definition) is 4. The highest BCUT2D eigenvalue weighted by Gasteiger charge is 2.32. The number of carbonyl (C=O) groups excluding carboxylic acids is 1. The molecule has 2 aliphatic rings. The molecule has 2 aromatic carbocycles. The Balaban J connectivity index is 1.63. The van der Waals surface area contributed by atoms with Crippen LogP contribution in [0.4, 0.5) is 0 Å². The van der Waals surface area contributed by atoms with Crippen LogP contribution >= 0.6 is 23.4 Å². The van der Waals surface area contributed by atoms with E-state index in [0.717, 1.165) is 22.8 Å². The van der Waals surface area contributed by atoms with Crippen molar-refractivity contribution in [3.8, 4) is 11.5 Å². The van der Waals surface area contributed by atoms with E-state index in [1.807, 2.05) is 35.2 Å². The van der Waals surface area contributed by atoms with Gasteiger partial charge in [-0.2, -0.15) is 0 Å². The van der Waals surface area contributed by atoms with Gasteiger partial charge in [-0.25, -0.2) is 0 Å². The van der Waals surface area contributed by atoms with Crippen molar-refractivity contribution in [2.24, 2.45) is 0 Å². The molecule has 2 heterocycles. The number of benzene rings is 2. The fourth-order valence-corrected chi connectivity index (χ4v) is 4.42. The van der Waals surface area contributed by atoms with E-state index in [2.05, 4.69) is 0 Å². The molecular weight excluding hydrogens is 346 g/mol. The van der Waals surface area contributed by atoms with Gasteiger partial charge in [0.1, 0.15) is 18.6 Å². The fraction of sp³-hybridized carbons (Fsp3) is 0.278. The quantitative estimate of drug-likeness (QED) is 0.810. The molecule has 0 saturated carbocycles. The third-order valence-corrected chi connectivity index (χ3v) is 5.70. The van der Waals surface area contributed by atoms with E-state index in [1.54, 1.807) is 23.9 Å². The first-order chi connectivity index (χ1) is 11.7. The van der Waals surface area contributed by atoms with E-state index < -0.39 is 0 Å². The van der Waals surface area contributed by atoms with Gasteiger partial charge in [0, 0.05) is 12.3 Å². The van der Waals surface area contributed by atoms with Crippen molar-refractivity contribution in [1.82, 2.24) is 4.90 Å². The first-order valence-electron chi connectivity index (χ1n) is 7.81. The predicted molar refractivity (Wildman–Crippen MR) is 95.1 cm³/mol. The van der Waals surface area contributed by atoms with Crippen LogP contribution in [0.25, 0.3) is 0 Å². The molecule has 124 valence electrons. The highest BCUT2D eigenvalue weighted by atomic mass is 35.5. The van der Waals surface area contributed by atoms with Crippen LogP contribution < -0.4 is 9.47 Å². The van der Waals surface area contributed by atoms with Crippen molar-refractivity contribution in [2.75, 3.05) is 25.5 Å². The molecule has 6 heteroatoms. The van der Waals surface area contributed by atoms with Crippen LogP contribution in [0, 0.1) is 0 Å². The number of carbonyl (C=O) groups is 1. The highest BCUT2D eigenvalue weighted by Crippen LogP contribution is 2.42. The summed E-state index contributed by atoms with van der Waals surface area (Å²) in [7, 11) is 0. The Kier molecular flexibility index (Phi) is 4.29. The molecule has 1 fully saturated rings. The number of thioether (sulfide) groups is 1. The van der Waals surface area contributed by atoms with Gasteiger partial charge in [0.05, 0.1) is 10.6 Å². The Hall–Kier alpha value is -1.85. The molecule has 24 heavy (non-hydrogen) atoms. The Labute approximate surface area is 149 Å². The lowest BCUT2D eigenvalue weighted by molar-refractivity contribution is 0.0760. The van der Waals surface area contributed by atoms with Gasteiger partial charge in [0.2, 0.25) is 0 Å². The molecule has 2 aliphatic heterocycles. The van der Waals surface area contributed by atoms with Crippen LogP contribution in [-0.4, -0.2) is 36.3 Å². The fourth-order valence-electron chi connectivity index (χ4n) is 2.96. The van der Waals surface area contributed by atoms with Crippen molar-refractivity contribution >= 4 is 29.3 Å². The molecule has 0 N–H and O–H groups in total. The highest BCUT2D eigenvalue weighted by molar-refractivity contribution is 7.99. The minimum absolute atomic E-state index is 0.0366. The summed E-state index contributed by atoms with van der Waals surface area (Å²) in [6, 6.07) is 13.1. The molecule has 1 atom stereocenters. The molecule has 0 spiro atoms. The third kappa shape index (κ3) is 2.82. The summed E-state index contributed by atoms with van der Waals surface area (Å²) < 4.78 is 11.2. The average molecular weight is 362 g/mol. The SMILES string of the molecule is O=C(c1ccccc1Cl)N1CCSC1c1ccc2c(c1)OCCO2. The molecule has 1 unspecified atom stereocenters. The molecule has 2 aromatic rings. The number of ether oxygens (including phenoxy) is 2. The zero-order valence-electron chi connectivity index (χ0n) is 12.9. The molecular formula is C18H16ClNO3S. The van der Waals surface area contributed by atoms with E-state index >= 15 is 0 Å². The number of fused-ring (bicyclic) bond motifs is 1. The Morgan fingerprint density at radius 1 is 1.12 bits per heavy atom. The van der Waals surface area contributed by atoms with E-state index in [0.29, 0.717) is 30.3 Å². The van der Waals surface area contributed by atoms with Crippen LogP contribution in [0.15, 0.2) is 42.5 Å². The lowest BCUT2D eigenvalue weighted by Crippen LogP contribution is -2.30. The Morgan fingerprint density at radius 2 is 1.92 bits per heavy atom. The molecule has 1 amide bonds. The van der Waals surface area contributed by atoms with Crippen LogP contribution in [0.5, 0.6) is 11.5 Å². The summed E-state index contributed by atoms with van der Waals surface area (Å²) in [6.07, 6.45) is 0. The molecule has 4 nitrogen and oxygen atoms in total. The van der Waals surface area contributed by atoms with Gasteiger partial charge < -0.3 is 14.4 Å². The van der Waals surface area contributed by atoms with Gasteiger partial charge in [-0.3, -0.25) is 4.79 Å². The summed E-state index contributed by atoms with van der Waals surface area (Å²) in [4.78, 5) is 14.8. The maximum absolute atomic E-state index is 12.9. The first-order valence-corrected chi connectivity index (χ1v) is 9.23. The zero-order valence-corrected chi connectivity index (χ0v) is 14.5. The van der Waals surface area contributed by atoms with Gasteiger partial charge in [0.25, 0.3) is 5.91 Å². The molecule has 0 aliphatic carbocycles. The second-order valence-corrected chi connectivity index (χ2v) is 7.20.